The zero-order valence-corrected chi connectivity index (χ0v) is 19.5. The Labute approximate surface area is 160 Å². The van der Waals surface area contributed by atoms with Crippen molar-refractivity contribution < 1.29 is 5.11 Å². The first kappa shape index (κ1) is 22.0. The molecule has 0 amide bonds. The van der Waals surface area contributed by atoms with Crippen LogP contribution in [0.4, 0.5) is 0 Å². The Morgan fingerprint density at radius 3 is 1.54 bits per heavy atom. The second kappa shape index (κ2) is 10.9. The first-order valence-corrected chi connectivity index (χ1v) is 12.8. The topological polar surface area (TPSA) is 20.2 Å². The van der Waals surface area contributed by atoms with Crippen LogP contribution in [0.2, 0.25) is 3.43 Å². The van der Waals surface area contributed by atoms with Crippen LogP contribution in [0.3, 0.4) is 0 Å². The van der Waals surface area contributed by atoms with Crippen LogP contribution in [-0.2, 0) is 5.60 Å². The van der Waals surface area contributed by atoms with Crippen LogP contribution < -0.4 is 3.58 Å². The van der Waals surface area contributed by atoms with E-state index in [1.165, 1.54) is 57.8 Å². The number of aliphatic hydroxyl groups is 1. The van der Waals surface area contributed by atoms with Crippen molar-refractivity contribution in [2.75, 3.05) is 0 Å². The maximum absolute atomic E-state index is 10.2. The van der Waals surface area contributed by atoms with Crippen molar-refractivity contribution >= 4 is 24.7 Å². The van der Waals surface area contributed by atoms with Gasteiger partial charge in [-0.2, -0.15) is 0 Å². The van der Waals surface area contributed by atoms with Crippen LogP contribution >= 0.6 is 0 Å². The van der Waals surface area contributed by atoms with Gasteiger partial charge in [0.15, 0.2) is 0 Å². The Morgan fingerprint density at radius 1 is 0.792 bits per heavy atom. The van der Waals surface area contributed by atoms with E-state index < -0.39 is 26.7 Å². The molecule has 0 aliphatic carbocycles. The fourth-order valence-electron chi connectivity index (χ4n) is 3.38. The number of unbranched alkanes of at least 4 members (excludes halogenated alkanes) is 3. The molecule has 24 heavy (non-hydrogen) atoms. The summed E-state index contributed by atoms with van der Waals surface area (Å²) in [4.78, 5) is 0. The van der Waals surface area contributed by atoms with E-state index in [-0.39, 0.29) is 0 Å². The van der Waals surface area contributed by atoms with Crippen molar-refractivity contribution in [1.29, 1.82) is 0 Å². The minimum atomic E-state index is -0.729. The zero-order chi connectivity index (χ0) is 18.1. The van der Waals surface area contributed by atoms with Gasteiger partial charge in [0, 0.05) is 0 Å². The van der Waals surface area contributed by atoms with Crippen molar-refractivity contribution in [1.82, 2.24) is 0 Å². The van der Waals surface area contributed by atoms with E-state index in [1.54, 1.807) is 3.58 Å². The van der Waals surface area contributed by atoms with E-state index >= 15 is 0 Å². The van der Waals surface area contributed by atoms with Crippen LogP contribution in [0.1, 0.15) is 98.0 Å². The van der Waals surface area contributed by atoms with Gasteiger partial charge in [0.1, 0.15) is 0 Å². The molecule has 2 heteroatoms. The summed E-state index contributed by atoms with van der Waals surface area (Å²) < 4.78 is 2.25. The molecule has 1 rings (SSSR count). The molecule has 2 radical (unpaired) electrons. The van der Waals surface area contributed by atoms with Gasteiger partial charge in [-0.1, -0.05) is 0 Å². The van der Waals surface area contributed by atoms with Gasteiger partial charge in [-0.05, 0) is 0 Å². The maximum atomic E-state index is 10.2. The summed E-state index contributed by atoms with van der Waals surface area (Å²) in [6, 6.07) is 8.94. The molecule has 0 heterocycles. The molecule has 0 aliphatic heterocycles. The summed E-state index contributed by atoms with van der Waals surface area (Å²) in [7, 11) is 0. The van der Waals surface area contributed by atoms with Gasteiger partial charge in [0.2, 0.25) is 0 Å². The SMILES string of the molecule is CCCC[C](CCCC)(CCCC)[Sn][c]1ccc(C(C)(C)O)cc1. The molecule has 0 fully saturated rings. The summed E-state index contributed by atoms with van der Waals surface area (Å²) >= 11 is -0.643. The Balaban J connectivity index is 2.95. The van der Waals surface area contributed by atoms with E-state index in [9.17, 15) is 5.11 Å². The van der Waals surface area contributed by atoms with Crippen molar-refractivity contribution in [3.8, 4) is 0 Å². The van der Waals surface area contributed by atoms with Gasteiger partial charge in [-0.25, -0.2) is 0 Å². The second-order valence-electron chi connectivity index (χ2n) is 7.85. The molecular weight excluding hydrogens is 399 g/mol. The van der Waals surface area contributed by atoms with E-state index in [2.05, 4.69) is 45.0 Å². The molecule has 0 aromatic heterocycles. The van der Waals surface area contributed by atoms with E-state index in [4.69, 9.17) is 0 Å². The molecular formula is C22H38OSn. The molecule has 1 nitrogen and oxygen atoms in total. The van der Waals surface area contributed by atoms with Crippen LogP contribution in [-0.4, -0.2) is 26.2 Å². The fourth-order valence-corrected chi connectivity index (χ4v) is 8.66. The quantitative estimate of drug-likeness (QED) is 0.400. The van der Waals surface area contributed by atoms with Gasteiger partial charge >= 0.3 is 161 Å². The Kier molecular flexibility index (Phi) is 9.96. The monoisotopic (exact) mass is 438 g/mol. The van der Waals surface area contributed by atoms with E-state index in [0.717, 1.165) is 5.56 Å². The van der Waals surface area contributed by atoms with E-state index in [0.29, 0.717) is 3.43 Å². The van der Waals surface area contributed by atoms with E-state index in [1.807, 2.05) is 13.8 Å². The average Bonchev–Trinajstić information content (AvgIpc) is 2.56. The molecule has 0 saturated heterocycles. The fraction of sp³-hybridized carbons (Fsp3) is 0.727. The van der Waals surface area contributed by atoms with Gasteiger partial charge in [0.05, 0.1) is 0 Å². The second-order valence-corrected chi connectivity index (χ2v) is 13.2. The summed E-state index contributed by atoms with van der Waals surface area (Å²) in [5, 5.41) is 10.2. The Bertz CT molecular complexity index is 422. The average molecular weight is 437 g/mol. The molecule has 0 spiro atoms. The molecule has 0 bridgehead atoms. The predicted molar refractivity (Wildman–Crippen MR) is 108 cm³/mol. The number of rotatable bonds is 12. The van der Waals surface area contributed by atoms with Crippen molar-refractivity contribution in [3.63, 3.8) is 0 Å². The van der Waals surface area contributed by atoms with Crippen molar-refractivity contribution in [2.45, 2.75) is 101 Å². The van der Waals surface area contributed by atoms with Gasteiger partial charge < -0.3 is 0 Å². The van der Waals surface area contributed by atoms with Crippen LogP contribution in [0, 0.1) is 0 Å². The third-order valence-electron chi connectivity index (χ3n) is 5.03. The molecule has 0 aliphatic rings. The molecule has 136 valence electrons. The number of hydrogen-bond donors (Lipinski definition) is 1. The molecule has 0 unspecified atom stereocenters. The van der Waals surface area contributed by atoms with Crippen LogP contribution in [0.25, 0.3) is 0 Å². The van der Waals surface area contributed by atoms with Crippen LogP contribution in [0.15, 0.2) is 24.3 Å². The third-order valence-corrected chi connectivity index (χ3v) is 10.5. The van der Waals surface area contributed by atoms with Gasteiger partial charge in [0.25, 0.3) is 0 Å². The normalized spacial score (nSPS) is 12.6. The number of hydrogen-bond acceptors (Lipinski definition) is 1. The minimum absolute atomic E-state index is 0.641. The first-order chi connectivity index (χ1) is 11.4. The standard InChI is InChI=1S/C13H27.C9H11O.Sn/c1-4-7-10-13(11-8-5-2)12-9-6-3;1-9(2,10)8-6-4-3-5-7-8;/h4-12H2,1-3H3;4-7,10H,1-2H3;. The Hall–Kier alpha value is -0.0213. The molecule has 0 saturated carbocycles. The predicted octanol–water partition coefficient (Wildman–Crippen LogP) is 5.97. The van der Waals surface area contributed by atoms with Crippen molar-refractivity contribution in [3.05, 3.63) is 29.8 Å². The zero-order valence-electron chi connectivity index (χ0n) is 16.6. The van der Waals surface area contributed by atoms with Gasteiger partial charge in [-0.3, -0.25) is 0 Å². The van der Waals surface area contributed by atoms with Crippen molar-refractivity contribution in [2.24, 2.45) is 0 Å². The molecule has 0 atom stereocenters. The summed E-state index contributed by atoms with van der Waals surface area (Å²) in [6.07, 6.45) is 12.4. The van der Waals surface area contributed by atoms with Crippen LogP contribution in [0.5, 0.6) is 0 Å². The Morgan fingerprint density at radius 2 is 1.21 bits per heavy atom. The molecule has 1 aromatic rings. The molecule has 1 aromatic carbocycles. The summed E-state index contributed by atoms with van der Waals surface area (Å²) in [5.41, 5.74) is 0.305. The first-order valence-electron chi connectivity index (χ1n) is 9.98. The third kappa shape index (κ3) is 7.47. The number of benzene rings is 1. The summed E-state index contributed by atoms with van der Waals surface area (Å²) in [6.45, 7) is 10.7. The summed E-state index contributed by atoms with van der Waals surface area (Å²) in [5.74, 6) is 0. The molecule has 1 N–H and O–H groups in total. The van der Waals surface area contributed by atoms with Gasteiger partial charge in [-0.15, -0.1) is 0 Å².